The van der Waals surface area contributed by atoms with Gasteiger partial charge in [0.1, 0.15) is 0 Å². The van der Waals surface area contributed by atoms with Crippen LogP contribution in [-0.2, 0) is 16.1 Å². The Hall–Kier alpha value is -1.90. The summed E-state index contributed by atoms with van der Waals surface area (Å²) in [5, 5.41) is 5.68. The number of likely N-dealkylation sites (tertiary alicyclic amines) is 1. The van der Waals surface area contributed by atoms with E-state index in [1.54, 1.807) is 7.05 Å². The molecule has 1 fully saturated rings. The number of halogens is 1. The van der Waals surface area contributed by atoms with Gasteiger partial charge in [0.25, 0.3) is 0 Å². The summed E-state index contributed by atoms with van der Waals surface area (Å²) < 4.78 is 4.91. The molecule has 7 heteroatoms. The zero-order valence-electron chi connectivity index (χ0n) is 15.3. The van der Waals surface area contributed by atoms with Gasteiger partial charge in [-0.1, -0.05) is 31.2 Å². The Morgan fingerprint density at radius 2 is 2.12 bits per heavy atom. The molecule has 1 aliphatic rings. The van der Waals surface area contributed by atoms with E-state index in [2.05, 4.69) is 39.2 Å². The van der Waals surface area contributed by atoms with E-state index in [0.717, 1.165) is 23.6 Å². The first-order valence-electron chi connectivity index (χ1n) is 8.50. The Morgan fingerprint density at radius 1 is 1.35 bits per heavy atom. The Bertz CT molecular complexity index is 791. The minimum absolute atomic E-state index is 0. The summed E-state index contributed by atoms with van der Waals surface area (Å²) in [6, 6.07) is 10.2. The fourth-order valence-corrected chi connectivity index (χ4v) is 3.42. The molecule has 0 amide bonds. The predicted molar refractivity (Wildman–Crippen MR) is 114 cm³/mol. The molecule has 140 valence electrons. The highest BCUT2D eigenvalue weighted by Crippen LogP contribution is 2.24. The lowest BCUT2D eigenvalue weighted by atomic mass is 9.99. The second-order valence-corrected chi connectivity index (χ2v) is 6.39. The summed E-state index contributed by atoms with van der Waals surface area (Å²) in [7, 11) is 3.20. The van der Waals surface area contributed by atoms with Crippen LogP contribution < -0.4 is 5.32 Å². The van der Waals surface area contributed by atoms with Crippen molar-refractivity contribution in [2.24, 2.45) is 16.8 Å². The van der Waals surface area contributed by atoms with Crippen LogP contribution in [0.3, 0.4) is 0 Å². The highest BCUT2D eigenvalue weighted by molar-refractivity contribution is 14.0. The highest BCUT2D eigenvalue weighted by Gasteiger charge is 2.36. The zero-order valence-corrected chi connectivity index (χ0v) is 17.6. The molecule has 1 N–H and O–H groups in total. The number of nitrogens with zero attached hydrogens (tertiary/aromatic N) is 3. The number of methoxy groups -OCH3 is 1. The molecule has 0 aliphatic carbocycles. The van der Waals surface area contributed by atoms with E-state index in [0.29, 0.717) is 13.1 Å². The number of ether oxygens (including phenoxy) is 1. The first-order valence-corrected chi connectivity index (χ1v) is 8.50. The Labute approximate surface area is 171 Å². The van der Waals surface area contributed by atoms with Gasteiger partial charge in [0, 0.05) is 31.7 Å². The number of carbonyl (C=O) groups is 1. The van der Waals surface area contributed by atoms with Gasteiger partial charge in [-0.15, -0.1) is 24.0 Å². The van der Waals surface area contributed by atoms with Crippen molar-refractivity contribution in [1.82, 2.24) is 15.2 Å². The molecule has 2 atom stereocenters. The van der Waals surface area contributed by atoms with Crippen LogP contribution >= 0.6 is 24.0 Å². The smallest absolute Gasteiger partial charge is 0.310 e. The average Bonchev–Trinajstić information content (AvgIpc) is 3.03. The molecule has 1 aliphatic heterocycles. The second-order valence-electron chi connectivity index (χ2n) is 6.39. The number of guanidine groups is 1. The molecule has 0 radical (unpaired) electrons. The van der Waals surface area contributed by atoms with Crippen molar-refractivity contribution in [3.05, 3.63) is 42.2 Å². The number of pyridine rings is 1. The Balaban J connectivity index is 0.00000243. The second kappa shape index (κ2) is 9.16. The fourth-order valence-electron chi connectivity index (χ4n) is 3.42. The highest BCUT2D eigenvalue weighted by atomic mass is 127. The van der Waals surface area contributed by atoms with E-state index in [-0.39, 0.29) is 41.8 Å². The van der Waals surface area contributed by atoms with Gasteiger partial charge in [0.2, 0.25) is 0 Å². The monoisotopic (exact) mass is 468 g/mol. The number of benzene rings is 1. The fraction of sp³-hybridized carbons (Fsp3) is 0.421. The first kappa shape index (κ1) is 20.4. The molecule has 2 aromatic rings. The quantitative estimate of drug-likeness (QED) is 0.325. The number of fused-ring (bicyclic) bond motifs is 1. The van der Waals surface area contributed by atoms with E-state index >= 15 is 0 Å². The summed E-state index contributed by atoms with van der Waals surface area (Å²) in [4.78, 5) is 22.9. The van der Waals surface area contributed by atoms with Gasteiger partial charge < -0.3 is 15.0 Å². The number of aliphatic imine (C=N–C) groups is 1. The van der Waals surface area contributed by atoms with Crippen molar-refractivity contribution in [2.45, 2.75) is 13.5 Å². The number of aromatic nitrogens is 1. The van der Waals surface area contributed by atoms with Gasteiger partial charge in [-0.3, -0.25) is 14.8 Å². The number of esters is 1. The summed E-state index contributed by atoms with van der Waals surface area (Å²) in [6.07, 6.45) is 1.83. The lowest BCUT2D eigenvalue weighted by Crippen LogP contribution is -2.40. The number of carbonyl (C=O) groups excluding carboxylic acids is 1. The van der Waals surface area contributed by atoms with Crippen molar-refractivity contribution in [2.75, 3.05) is 27.2 Å². The molecule has 1 aromatic heterocycles. The van der Waals surface area contributed by atoms with Gasteiger partial charge in [-0.2, -0.15) is 0 Å². The molecule has 1 saturated heterocycles. The van der Waals surface area contributed by atoms with Crippen molar-refractivity contribution < 1.29 is 9.53 Å². The van der Waals surface area contributed by atoms with Gasteiger partial charge in [-0.25, -0.2) is 0 Å². The molecule has 2 unspecified atom stereocenters. The normalized spacial score (nSPS) is 20.0. The van der Waals surface area contributed by atoms with Crippen LogP contribution in [0.25, 0.3) is 10.8 Å². The van der Waals surface area contributed by atoms with Gasteiger partial charge in [0.05, 0.1) is 25.3 Å². The standard InChI is InChI=1S/C19H24N4O2.HI/c1-13-11-23(12-16(13)18(24)25-3)19(20-2)22-10-17-15-7-5-4-6-14(15)8-9-21-17;/h4-9,13,16H,10-12H2,1-3H3,(H,20,22);1H. The predicted octanol–water partition coefficient (Wildman–Crippen LogP) is 2.67. The van der Waals surface area contributed by atoms with Gasteiger partial charge in [0.15, 0.2) is 5.96 Å². The Morgan fingerprint density at radius 3 is 2.85 bits per heavy atom. The number of rotatable bonds is 3. The van der Waals surface area contributed by atoms with E-state index < -0.39 is 0 Å². The van der Waals surface area contributed by atoms with E-state index in [4.69, 9.17) is 4.74 Å². The van der Waals surface area contributed by atoms with Crippen molar-refractivity contribution in [3.8, 4) is 0 Å². The minimum Gasteiger partial charge on any atom is -0.469 e. The van der Waals surface area contributed by atoms with Crippen LogP contribution in [-0.4, -0.2) is 49.1 Å². The third-order valence-corrected chi connectivity index (χ3v) is 4.80. The van der Waals surface area contributed by atoms with Crippen LogP contribution in [0.1, 0.15) is 12.6 Å². The van der Waals surface area contributed by atoms with Crippen LogP contribution in [0.4, 0.5) is 0 Å². The van der Waals surface area contributed by atoms with Crippen molar-refractivity contribution >= 4 is 46.7 Å². The lowest BCUT2D eigenvalue weighted by molar-refractivity contribution is -0.145. The molecule has 2 heterocycles. The van der Waals surface area contributed by atoms with Crippen LogP contribution in [0.5, 0.6) is 0 Å². The van der Waals surface area contributed by atoms with E-state index in [9.17, 15) is 4.79 Å². The molecular formula is C19H25IN4O2. The average molecular weight is 468 g/mol. The molecule has 0 spiro atoms. The van der Waals surface area contributed by atoms with Crippen molar-refractivity contribution in [1.29, 1.82) is 0 Å². The maximum atomic E-state index is 11.9. The lowest BCUT2D eigenvalue weighted by Gasteiger charge is -2.21. The molecular weight excluding hydrogens is 443 g/mol. The third-order valence-electron chi connectivity index (χ3n) is 4.80. The summed E-state index contributed by atoms with van der Waals surface area (Å²) >= 11 is 0. The number of hydrogen-bond donors (Lipinski definition) is 1. The number of hydrogen-bond acceptors (Lipinski definition) is 4. The van der Waals surface area contributed by atoms with Crippen LogP contribution in [0.2, 0.25) is 0 Å². The third kappa shape index (κ3) is 4.25. The van der Waals surface area contributed by atoms with Gasteiger partial charge >= 0.3 is 5.97 Å². The maximum absolute atomic E-state index is 11.9. The molecule has 3 rings (SSSR count). The van der Waals surface area contributed by atoms with Crippen molar-refractivity contribution in [3.63, 3.8) is 0 Å². The largest absolute Gasteiger partial charge is 0.469 e. The summed E-state index contributed by atoms with van der Waals surface area (Å²) in [5.74, 6) is 0.759. The molecule has 1 aromatic carbocycles. The zero-order chi connectivity index (χ0) is 17.8. The number of nitrogens with one attached hydrogen (secondary N) is 1. The molecule has 26 heavy (non-hydrogen) atoms. The molecule has 0 saturated carbocycles. The maximum Gasteiger partial charge on any atom is 0.310 e. The van der Waals surface area contributed by atoms with Gasteiger partial charge in [-0.05, 0) is 17.4 Å². The minimum atomic E-state index is -0.152. The van der Waals surface area contributed by atoms with E-state index in [1.807, 2.05) is 24.4 Å². The van der Waals surface area contributed by atoms with Crippen LogP contribution in [0.15, 0.2) is 41.5 Å². The molecule has 0 bridgehead atoms. The van der Waals surface area contributed by atoms with E-state index in [1.165, 1.54) is 12.5 Å². The summed E-state index contributed by atoms with van der Waals surface area (Å²) in [5.41, 5.74) is 0.982. The summed E-state index contributed by atoms with van der Waals surface area (Å²) in [6.45, 7) is 4.06. The SMILES string of the molecule is CN=C(NCc1nccc2ccccc12)N1CC(C)C(C(=O)OC)C1.I. The Kier molecular flexibility index (Phi) is 7.19. The van der Waals surface area contributed by atoms with Crippen LogP contribution in [0, 0.1) is 11.8 Å². The first-order chi connectivity index (χ1) is 12.1. The topological polar surface area (TPSA) is 66.8 Å². The molecule has 6 nitrogen and oxygen atoms in total.